The molecule has 0 radical (unpaired) electrons. The zero-order chi connectivity index (χ0) is 29.9. The molecule has 4 aliphatic rings. The highest BCUT2D eigenvalue weighted by atomic mass is 16.7. The standard InChI is InChI=1S/C35H60O6/c1-7-24(21(2)3)13-11-22(4)28-10-8-9-25-14-15-26-19-27(17-18-35(26,6)29(25)16-12-23(28)5)40-34-33(39)32(38)31(37)30(20-36)41-34/h8-9,16,21-28,30-34,36-39H,7,10-15,17-20H2,1-6H3/b9-8+,29-16+/t22-,23+,24-,25-,26+,27+,28-,30-,31-,32+,33-,34-,35+/m1/s1. The molecule has 1 heterocycles. The topological polar surface area (TPSA) is 99.4 Å². The molecule has 41 heavy (non-hydrogen) atoms. The lowest BCUT2D eigenvalue weighted by Crippen LogP contribution is -2.60. The molecule has 1 aliphatic heterocycles. The second kappa shape index (κ2) is 14.3. The Bertz CT molecular complexity index is 884. The lowest BCUT2D eigenvalue weighted by molar-refractivity contribution is -0.315. The van der Waals surface area contributed by atoms with Gasteiger partial charge in [0.2, 0.25) is 0 Å². The second-order valence-electron chi connectivity index (χ2n) is 14.7. The molecular weight excluding hydrogens is 516 g/mol. The number of hydrogen-bond donors (Lipinski definition) is 4. The second-order valence-corrected chi connectivity index (χ2v) is 14.7. The van der Waals surface area contributed by atoms with Crippen LogP contribution in [0.5, 0.6) is 0 Å². The van der Waals surface area contributed by atoms with E-state index in [1.807, 2.05) is 0 Å². The number of aliphatic hydroxyl groups excluding tert-OH is 4. The van der Waals surface area contributed by atoms with E-state index in [0.717, 1.165) is 62.2 Å². The lowest BCUT2D eigenvalue weighted by Gasteiger charge is -2.52. The number of hydrogen-bond acceptors (Lipinski definition) is 6. The maximum atomic E-state index is 10.5. The van der Waals surface area contributed by atoms with Crippen LogP contribution in [0.25, 0.3) is 0 Å². The highest BCUT2D eigenvalue weighted by Crippen LogP contribution is 2.56. The van der Waals surface area contributed by atoms with Crippen molar-refractivity contribution in [2.75, 3.05) is 6.61 Å². The summed E-state index contributed by atoms with van der Waals surface area (Å²) in [5.74, 6) is 4.74. The van der Waals surface area contributed by atoms with E-state index in [1.165, 1.54) is 25.7 Å². The van der Waals surface area contributed by atoms with Crippen LogP contribution >= 0.6 is 0 Å². The van der Waals surface area contributed by atoms with Crippen LogP contribution in [0.4, 0.5) is 0 Å². The van der Waals surface area contributed by atoms with Crippen molar-refractivity contribution in [3.05, 3.63) is 23.8 Å². The average Bonchev–Trinajstić information content (AvgIpc) is 3.02. The first kappa shape index (κ1) is 33.1. The minimum absolute atomic E-state index is 0.0829. The van der Waals surface area contributed by atoms with Gasteiger partial charge in [0.05, 0.1) is 12.7 Å². The Balaban J connectivity index is 1.41. The molecule has 6 heteroatoms. The Kier molecular flexibility index (Phi) is 11.6. The van der Waals surface area contributed by atoms with Gasteiger partial charge in [0.15, 0.2) is 6.29 Å². The minimum atomic E-state index is -1.40. The molecule has 0 unspecified atom stereocenters. The smallest absolute Gasteiger partial charge is 0.186 e. The van der Waals surface area contributed by atoms with E-state index in [1.54, 1.807) is 5.57 Å². The van der Waals surface area contributed by atoms with Crippen molar-refractivity contribution in [3.8, 4) is 0 Å². The fourth-order valence-electron chi connectivity index (χ4n) is 8.83. The van der Waals surface area contributed by atoms with E-state index in [9.17, 15) is 20.4 Å². The van der Waals surface area contributed by atoms with Gasteiger partial charge < -0.3 is 29.9 Å². The highest BCUT2D eigenvalue weighted by molar-refractivity contribution is 5.27. The van der Waals surface area contributed by atoms with Crippen LogP contribution in [0.3, 0.4) is 0 Å². The third-order valence-electron chi connectivity index (χ3n) is 11.9. The van der Waals surface area contributed by atoms with Crippen molar-refractivity contribution < 1.29 is 29.9 Å². The molecule has 13 atom stereocenters. The maximum Gasteiger partial charge on any atom is 0.186 e. The Morgan fingerprint density at radius 1 is 1.02 bits per heavy atom. The normalized spacial score (nSPS) is 45.3. The molecule has 0 aromatic heterocycles. The maximum absolute atomic E-state index is 10.5. The van der Waals surface area contributed by atoms with E-state index in [0.29, 0.717) is 17.8 Å². The number of ether oxygens (including phenoxy) is 2. The van der Waals surface area contributed by atoms with Gasteiger partial charge in [-0.2, -0.15) is 0 Å². The third-order valence-corrected chi connectivity index (χ3v) is 11.9. The Hall–Kier alpha value is -0.760. The highest BCUT2D eigenvalue weighted by Gasteiger charge is 2.49. The molecule has 4 rings (SSSR count). The molecule has 3 aliphatic carbocycles. The van der Waals surface area contributed by atoms with E-state index in [-0.39, 0.29) is 11.5 Å². The summed E-state index contributed by atoms with van der Waals surface area (Å²) < 4.78 is 11.9. The van der Waals surface area contributed by atoms with Crippen LogP contribution in [0.1, 0.15) is 106 Å². The van der Waals surface area contributed by atoms with Gasteiger partial charge in [-0.25, -0.2) is 0 Å². The fourth-order valence-corrected chi connectivity index (χ4v) is 8.83. The largest absolute Gasteiger partial charge is 0.394 e. The summed E-state index contributed by atoms with van der Waals surface area (Å²) in [4.78, 5) is 0. The van der Waals surface area contributed by atoms with Gasteiger partial charge in [0, 0.05) is 0 Å². The van der Waals surface area contributed by atoms with Crippen LogP contribution in [0, 0.1) is 46.8 Å². The summed E-state index contributed by atoms with van der Waals surface area (Å²) in [6.07, 6.45) is 12.9. The molecular formula is C35H60O6. The Morgan fingerprint density at radius 3 is 2.46 bits per heavy atom. The molecule has 0 aromatic rings. The van der Waals surface area contributed by atoms with Gasteiger partial charge in [-0.05, 0) is 98.2 Å². The lowest BCUT2D eigenvalue weighted by atomic mass is 9.54. The first-order valence-electron chi connectivity index (χ1n) is 16.8. The van der Waals surface area contributed by atoms with Gasteiger partial charge in [0.1, 0.15) is 24.4 Å². The molecule has 4 N–H and O–H groups in total. The summed E-state index contributed by atoms with van der Waals surface area (Å²) in [6, 6.07) is 0. The molecule has 0 amide bonds. The fraction of sp³-hybridized carbons (Fsp3) is 0.886. The van der Waals surface area contributed by atoms with Crippen molar-refractivity contribution in [2.45, 2.75) is 143 Å². The van der Waals surface area contributed by atoms with Crippen molar-refractivity contribution in [2.24, 2.45) is 46.8 Å². The first-order valence-corrected chi connectivity index (χ1v) is 16.8. The molecule has 3 fully saturated rings. The van der Waals surface area contributed by atoms with Crippen molar-refractivity contribution in [1.82, 2.24) is 0 Å². The van der Waals surface area contributed by atoms with Crippen molar-refractivity contribution in [3.63, 3.8) is 0 Å². The third kappa shape index (κ3) is 7.32. The quantitative estimate of drug-likeness (QED) is 0.198. The molecule has 1 saturated heterocycles. The van der Waals surface area contributed by atoms with E-state index in [4.69, 9.17) is 9.47 Å². The average molecular weight is 577 g/mol. The van der Waals surface area contributed by atoms with Gasteiger partial charge in [0.25, 0.3) is 0 Å². The zero-order valence-electron chi connectivity index (χ0n) is 26.6. The van der Waals surface area contributed by atoms with Crippen LogP contribution in [-0.2, 0) is 9.47 Å². The molecule has 0 spiro atoms. The number of aliphatic hydroxyl groups is 4. The molecule has 0 aromatic carbocycles. The summed E-state index contributed by atoms with van der Waals surface area (Å²) in [5, 5.41) is 40.4. The Morgan fingerprint density at radius 2 is 1.78 bits per heavy atom. The summed E-state index contributed by atoms with van der Waals surface area (Å²) in [7, 11) is 0. The van der Waals surface area contributed by atoms with Crippen LogP contribution in [0.2, 0.25) is 0 Å². The molecule has 236 valence electrons. The number of rotatable bonds is 9. The van der Waals surface area contributed by atoms with E-state index >= 15 is 0 Å². The van der Waals surface area contributed by atoms with Crippen molar-refractivity contribution >= 4 is 0 Å². The minimum Gasteiger partial charge on any atom is -0.394 e. The van der Waals surface area contributed by atoms with E-state index in [2.05, 4.69) is 59.8 Å². The predicted molar refractivity (Wildman–Crippen MR) is 163 cm³/mol. The zero-order valence-corrected chi connectivity index (χ0v) is 26.6. The summed E-state index contributed by atoms with van der Waals surface area (Å²) in [5.41, 5.74) is 1.77. The molecule has 6 nitrogen and oxygen atoms in total. The van der Waals surface area contributed by atoms with Crippen molar-refractivity contribution in [1.29, 1.82) is 0 Å². The van der Waals surface area contributed by atoms with Gasteiger partial charge in [-0.15, -0.1) is 0 Å². The van der Waals surface area contributed by atoms with Crippen LogP contribution in [-0.4, -0.2) is 63.8 Å². The summed E-state index contributed by atoms with van der Waals surface area (Å²) in [6.45, 7) is 14.1. The summed E-state index contributed by atoms with van der Waals surface area (Å²) >= 11 is 0. The van der Waals surface area contributed by atoms with Crippen LogP contribution in [0.15, 0.2) is 23.8 Å². The monoisotopic (exact) mass is 576 g/mol. The van der Waals surface area contributed by atoms with Gasteiger partial charge in [-0.1, -0.05) is 78.2 Å². The molecule has 2 saturated carbocycles. The first-order chi connectivity index (χ1) is 19.5. The van der Waals surface area contributed by atoms with Gasteiger partial charge >= 0.3 is 0 Å². The predicted octanol–water partition coefficient (Wildman–Crippen LogP) is 6.02. The van der Waals surface area contributed by atoms with E-state index < -0.39 is 37.3 Å². The Labute approximate surface area is 249 Å². The number of allylic oxidation sites excluding steroid dienone is 4. The SMILES string of the molecule is CC[C@H](CC[C@@H](C)[C@H]1C/C=C/[C@@H]2CC[C@H]3C[C@@H](O[C@@H]4O[C@H](CO)[C@@H](O)[C@H](O)[C@H]4O)CC[C@]3(C)/C2=C/C[C@@H]1C)C(C)C. The van der Waals surface area contributed by atoms with Gasteiger partial charge in [-0.3, -0.25) is 0 Å². The molecule has 0 bridgehead atoms. The van der Waals surface area contributed by atoms with Crippen LogP contribution < -0.4 is 0 Å². The number of fused-ring (bicyclic) bond motifs is 3.